The zero-order valence-electron chi connectivity index (χ0n) is 20.5. The average Bonchev–Trinajstić information content (AvgIpc) is 2.93. The molecule has 0 spiro atoms. The molecule has 1 N–H and O–H groups in total. The number of carbonyl (C=O) groups excluding carboxylic acids is 2. The molecule has 0 aromatic heterocycles. The van der Waals surface area contributed by atoms with E-state index >= 15 is 0 Å². The van der Waals surface area contributed by atoms with Crippen LogP contribution in [0.15, 0.2) is 78.9 Å². The van der Waals surface area contributed by atoms with Crippen LogP contribution in [-0.2, 0) is 36.2 Å². The summed E-state index contributed by atoms with van der Waals surface area (Å²) in [6.45, 7) is -0.0120. The number of phosphoric ester groups is 1. The van der Waals surface area contributed by atoms with E-state index in [1.54, 1.807) is 36.4 Å². The van der Waals surface area contributed by atoms with Crippen molar-refractivity contribution in [3.63, 3.8) is 0 Å². The minimum absolute atomic E-state index is 0.00124. The SMILES string of the molecule is COP(=O)(OC)Oc1ccc(C[C@H](NC(=O)OCc2ccccc2)C(=O)Oc2ccc([N+](=O)[O-])cc2)cc1. The molecule has 0 aliphatic rings. The molecule has 0 saturated heterocycles. The number of phosphoric acid groups is 1. The van der Waals surface area contributed by atoms with Gasteiger partial charge in [0.25, 0.3) is 5.69 Å². The largest absolute Gasteiger partial charge is 0.529 e. The van der Waals surface area contributed by atoms with Gasteiger partial charge in [-0.3, -0.25) is 19.2 Å². The third kappa shape index (κ3) is 8.41. The first-order chi connectivity index (χ1) is 18.2. The second kappa shape index (κ2) is 13.3. The van der Waals surface area contributed by atoms with Crippen molar-refractivity contribution in [1.82, 2.24) is 5.32 Å². The smallest absolute Gasteiger partial charge is 0.445 e. The number of nitro groups is 1. The molecule has 0 unspecified atom stereocenters. The van der Waals surface area contributed by atoms with Gasteiger partial charge in [-0.1, -0.05) is 42.5 Å². The van der Waals surface area contributed by atoms with E-state index in [2.05, 4.69) is 5.32 Å². The molecular formula is C25H25N2O10P. The van der Waals surface area contributed by atoms with Crippen LogP contribution in [0.2, 0.25) is 0 Å². The molecule has 0 fully saturated rings. The van der Waals surface area contributed by atoms with Gasteiger partial charge in [-0.15, -0.1) is 0 Å². The molecule has 13 heteroatoms. The maximum absolute atomic E-state index is 13.0. The fraction of sp³-hybridized carbons (Fsp3) is 0.200. The fourth-order valence-electron chi connectivity index (χ4n) is 3.12. The highest BCUT2D eigenvalue weighted by atomic mass is 31.2. The summed E-state index contributed by atoms with van der Waals surface area (Å²) in [4.78, 5) is 35.7. The van der Waals surface area contributed by atoms with Crippen LogP contribution in [0.5, 0.6) is 11.5 Å². The predicted octanol–water partition coefficient (Wildman–Crippen LogP) is 4.82. The number of nitrogens with one attached hydrogen (secondary N) is 1. The van der Waals surface area contributed by atoms with Crippen LogP contribution in [0, 0.1) is 10.1 Å². The maximum atomic E-state index is 13.0. The molecule has 3 aromatic rings. The van der Waals surface area contributed by atoms with Gasteiger partial charge in [-0.05, 0) is 35.4 Å². The van der Waals surface area contributed by atoms with Gasteiger partial charge in [-0.25, -0.2) is 14.2 Å². The van der Waals surface area contributed by atoms with E-state index in [1.165, 1.54) is 50.6 Å². The molecule has 38 heavy (non-hydrogen) atoms. The number of alkyl carbamates (subject to hydrolysis) is 1. The molecule has 0 heterocycles. The van der Waals surface area contributed by atoms with E-state index < -0.39 is 30.9 Å². The van der Waals surface area contributed by atoms with Crippen LogP contribution in [0.25, 0.3) is 0 Å². The number of nitrogens with zero attached hydrogens (tertiary/aromatic N) is 1. The predicted molar refractivity (Wildman–Crippen MR) is 135 cm³/mol. The third-order valence-electron chi connectivity index (χ3n) is 5.08. The Bertz CT molecular complexity index is 1280. The van der Waals surface area contributed by atoms with Gasteiger partial charge in [0.05, 0.1) is 4.92 Å². The molecule has 200 valence electrons. The molecule has 0 bridgehead atoms. The lowest BCUT2D eigenvalue weighted by atomic mass is 10.1. The summed E-state index contributed by atoms with van der Waals surface area (Å²) in [6.07, 6.45) is -0.848. The lowest BCUT2D eigenvalue weighted by molar-refractivity contribution is -0.384. The summed E-state index contributed by atoms with van der Waals surface area (Å²) in [5.41, 5.74) is 1.18. The number of rotatable bonds is 12. The molecule has 1 amide bonds. The first-order valence-electron chi connectivity index (χ1n) is 11.1. The van der Waals surface area contributed by atoms with Gasteiger partial charge in [0.1, 0.15) is 24.1 Å². The van der Waals surface area contributed by atoms with Crippen LogP contribution in [0.1, 0.15) is 11.1 Å². The number of hydrogen-bond acceptors (Lipinski definition) is 10. The van der Waals surface area contributed by atoms with E-state index in [0.29, 0.717) is 5.56 Å². The van der Waals surface area contributed by atoms with E-state index in [4.69, 9.17) is 23.0 Å². The minimum atomic E-state index is -3.75. The first kappa shape index (κ1) is 28.3. The Balaban J connectivity index is 1.72. The Morgan fingerprint density at radius 1 is 0.895 bits per heavy atom. The molecule has 0 radical (unpaired) electrons. The summed E-state index contributed by atoms with van der Waals surface area (Å²) >= 11 is 0. The van der Waals surface area contributed by atoms with Gasteiger partial charge >= 0.3 is 19.9 Å². The van der Waals surface area contributed by atoms with Crippen LogP contribution < -0.4 is 14.6 Å². The van der Waals surface area contributed by atoms with Crippen molar-refractivity contribution in [3.8, 4) is 11.5 Å². The Morgan fingerprint density at radius 2 is 1.50 bits per heavy atom. The minimum Gasteiger partial charge on any atom is -0.445 e. The Kier molecular flexibility index (Phi) is 9.94. The molecule has 12 nitrogen and oxygen atoms in total. The lowest BCUT2D eigenvalue weighted by Crippen LogP contribution is -2.44. The van der Waals surface area contributed by atoms with Crippen LogP contribution in [0.3, 0.4) is 0 Å². The first-order valence-corrected chi connectivity index (χ1v) is 12.6. The van der Waals surface area contributed by atoms with Crippen LogP contribution in [-0.4, -0.2) is 37.2 Å². The van der Waals surface area contributed by atoms with Crippen molar-refractivity contribution in [3.05, 3.63) is 100 Å². The summed E-state index contributed by atoms with van der Waals surface area (Å²) in [5.74, 6) is -0.566. The molecule has 1 atom stereocenters. The Morgan fingerprint density at radius 3 is 2.08 bits per heavy atom. The number of hydrogen-bond donors (Lipinski definition) is 1. The number of ether oxygens (including phenoxy) is 2. The zero-order valence-corrected chi connectivity index (χ0v) is 21.4. The monoisotopic (exact) mass is 544 g/mol. The third-order valence-corrected chi connectivity index (χ3v) is 6.41. The van der Waals surface area contributed by atoms with Gasteiger partial charge in [0, 0.05) is 32.8 Å². The highest BCUT2D eigenvalue weighted by Crippen LogP contribution is 2.47. The topological polar surface area (TPSA) is 153 Å². The zero-order chi connectivity index (χ0) is 27.5. The molecule has 0 aliphatic heterocycles. The second-order valence-electron chi connectivity index (χ2n) is 7.68. The lowest BCUT2D eigenvalue weighted by Gasteiger charge is -2.18. The number of carbonyl (C=O) groups is 2. The van der Waals surface area contributed by atoms with Crippen molar-refractivity contribution < 1.29 is 42.1 Å². The quantitative estimate of drug-likeness (QED) is 0.110. The van der Waals surface area contributed by atoms with Crippen molar-refractivity contribution in [2.75, 3.05) is 14.2 Å². The van der Waals surface area contributed by atoms with Gasteiger partial charge in [0.2, 0.25) is 0 Å². The molecule has 0 saturated carbocycles. The van der Waals surface area contributed by atoms with Crippen molar-refractivity contribution in [2.24, 2.45) is 0 Å². The van der Waals surface area contributed by atoms with Gasteiger partial charge in [-0.2, -0.15) is 0 Å². The Hall–Kier alpha value is -4.25. The highest BCUT2D eigenvalue weighted by Gasteiger charge is 2.26. The standard InChI is InChI=1S/C25H25N2O10P/c1-33-38(32,34-2)37-22-12-8-18(9-13-22)16-23(26-25(29)35-17-19-6-4-3-5-7-19)24(28)36-21-14-10-20(11-15-21)27(30)31/h3-15,23H,16-17H2,1-2H3,(H,26,29)/t23-/m0/s1. The number of nitro benzene ring substituents is 1. The van der Waals surface area contributed by atoms with E-state index in [1.807, 2.05) is 6.07 Å². The van der Waals surface area contributed by atoms with E-state index in [0.717, 1.165) is 5.56 Å². The van der Waals surface area contributed by atoms with Crippen molar-refractivity contribution in [2.45, 2.75) is 19.1 Å². The number of benzene rings is 3. The fourth-order valence-corrected chi connectivity index (χ4v) is 3.80. The summed E-state index contributed by atoms with van der Waals surface area (Å²) in [7, 11) is -1.39. The number of non-ortho nitro benzene ring substituents is 1. The normalized spacial score (nSPS) is 11.7. The van der Waals surface area contributed by atoms with E-state index in [-0.39, 0.29) is 30.2 Å². The average molecular weight is 544 g/mol. The van der Waals surface area contributed by atoms with E-state index in [9.17, 15) is 24.3 Å². The summed E-state index contributed by atoms with van der Waals surface area (Å²) < 4.78 is 37.4. The summed E-state index contributed by atoms with van der Waals surface area (Å²) in [5, 5.41) is 13.4. The number of amides is 1. The summed E-state index contributed by atoms with van der Waals surface area (Å²) in [6, 6.07) is 18.9. The molecule has 3 rings (SSSR count). The van der Waals surface area contributed by atoms with Crippen molar-refractivity contribution in [1.29, 1.82) is 0 Å². The second-order valence-corrected chi connectivity index (χ2v) is 9.49. The highest BCUT2D eigenvalue weighted by molar-refractivity contribution is 7.48. The number of esters is 1. The molecule has 3 aromatic carbocycles. The van der Waals surface area contributed by atoms with Crippen LogP contribution >= 0.6 is 7.82 Å². The maximum Gasteiger partial charge on any atom is 0.529 e. The van der Waals surface area contributed by atoms with Gasteiger partial charge in [0.15, 0.2) is 0 Å². The molecule has 0 aliphatic carbocycles. The van der Waals surface area contributed by atoms with Gasteiger partial charge < -0.3 is 19.3 Å². The van der Waals surface area contributed by atoms with Crippen molar-refractivity contribution >= 4 is 25.6 Å². The Labute approximate surface area is 218 Å². The van der Waals surface area contributed by atoms with Crippen LogP contribution in [0.4, 0.5) is 10.5 Å². The molecular weight excluding hydrogens is 519 g/mol.